The molecule has 132 valence electrons. The maximum Gasteiger partial charge on any atom is 0.185 e. The van der Waals surface area contributed by atoms with E-state index in [4.69, 9.17) is 20.8 Å². The molecule has 0 fully saturated rings. The fourth-order valence-corrected chi connectivity index (χ4v) is 2.39. The van der Waals surface area contributed by atoms with Crippen LogP contribution in [0.3, 0.4) is 0 Å². The number of allylic oxidation sites excluding steroid dienone is 1. The van der Waals surface area contributed by atoms with Crippen LogP contribution in [0.2, 0.25) is 5.02 Å². The second-order valence-electron chi connectivity index (χ2n) is 5.37. The molecule has 0 bridgehead atoms. The molecule has 2 aromatic carbocycles. The highest BCUT2D eigenvalue weighted by molar-refractivity contribution is 6.32. The molecule has 0 amide bonds. The molecule has 0 aliphatic rings. The first-order valence-corrected chi connectivity index (χ1v) is 8.03. The van der Waals surface area contributed by atoms with Crippen molar-refractivity contribution in [3.05, 3.63) is 94.4 Å². The highest BCUT2D eigenvalue weighted by Gasteiger charge is 2.06. The van der Waals surface area contributed by atoms with Crippen molar-refractivity contribution in [1.29, 1.82) is 0 Å². The second kappa shape index (κ2) is 7.97. The number of hydrogen-bond acceptors (Lipinski definition) is 3. The van der Waals surface area contributed by atoms with Crippen LogP contribution in [0.25, 0.3) is 6.08 Å². The number of ketones is 1. The number of carbonyl (C=O) groups is 1. The highest BCUT2D eigenvalue weighted by atomic mass is 35.5. The Morgan fingerprint density at radius 2 is 1.77 bits per heavy atom. The van der Waals surface area contributed by atoms with Gasteiger partial charge < -0.3 is 9.15 Å². The number of carbonyl (C=O) groups excluding carboxylic acids is 1. The second-order valence-corrected chi connectivity index (χ2v) is 5.78. The summed E-state index contributed by atoms with van der Waals surface area (Å²) in [4.78, 5) is 12.0. The molecule has 0 spiro atoms. The normalized spacial score (nSPS) is 11.0. The molecule has 1 aromatic heterocycles. The lowest BCUT2D eigenvalue weighted by atomic mass is 10.1. The number of furan rings is 1. The van der Waals surface area contributed by atoms with Crippen LogP contribution in [0.4, 0.5) is 8.78 Å². The summed E-state index contributed by atoms with van der Waals surface area (Å²) in [7, 11) is 0. The third-order valence-electron chi connectivity index (χ3n) is 3.47. The molecule has 3 aromatic rings. The van der Waals surface area contributed by atoms with Gasteiger partial charge in [0, 0.05) is 5.56 Å². The Kier molecular flexibility index (Phi) is 5.49. The Bertz CT molecular complexity index is 946. The van der Waals surface area contributed by atoms with E-state index in [-0.39, 0.29) is 17.4 Å². The van der Waals surface area contributed by atoms with Crippen LogP contribution in [0.1, 0.15) is 21.9 Å². The monoisotopic (exact) mass is 374 g/mol. The molecule has 0 saturated heterocycles. The van der Waals surface area contributed by atoms with Gasteiger partial charge in [0.15, 0.2) is 5.78 Å². The van der Waals surface area contributed by atoms with Crippen LogP contribution in [-0.4, -0.2) is 5.78 Å². The van der Waals surface area contributed by atoms with Gasteiger partial charge in [0.1, 0.15) is 35.5 Å². The van der Waals surface area contributed by atoms with Crippen LogP contribution < -0.4 is 4.74 Å². The number of benzene rings is 2. The summed E-state index contributed by atoms with van der Waals surface area (Å²) in [5.74, 6) is 0.204. The Labute approximate surface area is 153 Å². The van der Waals surface area contributed by atoms with Gasteiger partial charge >= 0.3 is 0 Å². The van der Waals surface area contributed by atoms with Crippen molar-refractivity contribution in [3.63, 3.8) is 0 Å². The van der Waals surface area contributed by atoms with E-state index in [1.807, 2.05) is 0 Å². The minimum Gasteiger partial charge on any atom is -0.484 e. The fraction of sp³-hybridized carbons (Fsp3) is 0.0500. The lowest BCUT2D eigenvalue weighted by Crippen LogP contribution is -1.94. The van der Waals surface area contributed by atoms with E-state index >= 15 is 0 Å². The molecule has 0 radical (unpaired) electrons. The van der Waals surface area contributed by atoms with E-state index in [1.54, 1.807) is 12.1 Å². The molecular formula is C20H13ClF2O3. The van der Waals surface area contributed by atoms with Crippen molar-refractivity contribution in [1.82, 2.24) is 0 Å². The van der Waals surface area contributed by atoms with Crippen molar-refractivity contribution in [2.75, 3.05) is 0 Å². The van der Waals surface area contributed by atoms with Gasteiger partial charge in [0.25, 0.3) is 0 Å². The van der Waals surface area contributed by atoms with Gasteiger partial charge in [-0.05, 0) is 66.7 Å². The number of hydrogen-bond donors (Lipinski definition) is 0. The van der Waals surface area contributed by atoms with E-state index in [2.05, 4.69) is 0 Å². The Morgan fingerprint density at radius 3 is 2.50 bits per heavy atom. The molecule has 0 aliphatic heterocycles. The molecule has 6 heteroatoms. The zero-order valence-electron chi connectivity index (χ0n) is 13.4. The Balaban J connectivity index is 1.60. The van der Waals surface area contributed by atoms with E-state index in [1.165, 1.54) is 48.6 Å². The third kappa shape index (κ3) is 4.58. The summed E-state index contributed by atoms with van der Waals surface area (Å²) in [6, 6.07) is 12.5. The zero-order chi connectivity index (χ0) is 18.5. The van der Waals surface area contributed by atoms with Gasteiger partial charge in [-0.2, -0.15) is 0 Å². The first kappa shape index (κ1) is 17.9. The summed E-state index contributed by atoms with van der Waals surface area (Å²) in [6.07, 6.45) is 2.85. The van der Waals surface area contributed by atoms with Gasteiger partial charge in [-0.1, -0.05) is 11.6 Å². The van der Waals surface area contributed by atoms with Crippen molar-refractivity contribution >= 4 is 23.5 Å². The summed E-state index contributed by atoms with van der Waals surface area (Å²) in [5.41, 5.74) is 0.378. The largest absolute Gasteiger partial charge is 0.484 e. The van der Waals surface area contributed by atoms with Crippen molar-refractivity contribution in [2.24, 2.45) is 0 Å². The minimum atomic E-state index is -0.446. The first-order chi connectivity index (χ1) is 12.5. The van der Waals surface area contributed by atoms with Crippen LogP contribution in [0.5, 0.6) is 5.75 Å². The van der Waals surface area contributed by atoms with E-state index in [0.29, 0.717) is 22.8 Å². The van der Waals surface area contributed by atoms with Crippen molar-refractivity contribution < 1.29 is 22.7 Å². The average molecular weight is 375 g/mol. The van der Waals surface area contributed by atoms with E-state index in [0.717, 1.165) is 6.07 Å². The first-order valence-electron chi connectivity index (χ1n) is 7.66. The predicted octanol–water partition coefficient (Wildman–Crippen LogP) is 5.69. The number of halogens is 3. The van der Waals surface area contributed by atoms with Crippen LogP contribution in [0, 0.1) is 11.6 Å². The summed E-state index contributed by atoms with van der Waals surface area (Å²) < 4.78 is 36.9. The third-order valence-corrected chi connectivity index (χ3v) is 3.77. The summed E-state index contributed by atoms with van der Waals surface area (Å²) in [5, 5.41) is 0.168. The molecule has 1 heterocycles. The number of rotatable bonds is 6. The van der Waals surface area contributed by atoms with Gasteiger partial charge in [-0.25, -0.2) is 8.78 Å². The van der Waals surface area contributed by atoms with Gasteiger partial charge in [0.2, 0.25) is 0 Å². The lowest BCUT2D eigenvalue weighted by Gasteiger charge is -2.05. The van der Waals surface area contributed by atoms with Crippen LogP contribution in [-0.2, 0) is 6.61 Å². The van der Waals surface area contributed by atoms with Gasteiger partial charge in [-0.15, -0.1) is 0 Å². The zero-order valence-corrected chi connectivity index (χ0v) is 14.2. The minimum absolute atomic E-state index is 0.102. The number of ether oxygens (including phenoxy) is 1. The van der Waals surface area contributed by atoms with E-state index in [9.17, 15) is 13.6 Å². The summed E-state index contributed by atoms with van der Waals surface area (Å²) >= 11 is 5.89. The van der Waals surface area contributed by atoms with Gasteiger partial charge in [-0.3, -0.25) is 4.79 Å². The molecule has 26 heavy (non-hydrogen) atoms. The SMILES string of the molecule is O=C(/C=C/c1ccc(COc2ccc(F)cc2Cl)o1)c1ccc(F)cc1. The molecule has 3 nitrogen and oxygen atoms in total. The smallest absolute Gasteiger partial charge is 0.185 e. The molecule has 0 atom stereocenters. The lowest BCUT2D eigenvalue weighted by molar-refractivity contribution is 0.104. The highest BCUT2D eigenvalue weighted by Crippen LogP contribution is 2.26. The quantitative estimate of drug-likeness (QED) is 0.411. The average Bonchev–Trinajstić information content (AvgIpc) is 3.07. The van der Waals surface area contributed by atoms with Crippen LogP contribution >= 0.6 is 11.6 Å². The Hall–Kier alpha value is -2.92. The molecule has 3 rings (SSSR count). The van der Waals surface area contributed by atoms with Crippen molar-refractivity contribution in [2.45, 2.75) is 6.61 Å². The molecule has 0 saturated carbocycles. The standard InChI is InChI=1S/C20H13ClF2O3/c21-18-11-15(23)5-10-20(18)25-12-17-7-6-16(26-17)8-9-19(24)13-1-3-14(22)4-2-13/h1-11H,12H2/b9-8+. The topological polar surface area (TPSA) is 39.4 Å². The maximum absolute atomic E-state index is 13.0. The molecule has 0 unspecified atom stereocenters. The van der Waals surface area contributed by atoms with E-state index < -0.39 is 11.6 Å². The molecular weight excluding hydrogens is 362 g/mol. The maximum atomic E-state index is 13.0. The van der Waals surface area contributed by atoms with Gasteiger partial charge in [0.05, 0.1) is 5.02 Å². The van der Waals surface area contributed by atoms with Crippen LogP contribution in [0.15, 0.2) is 65.1 Å². The molecule has 0 aliphatic carbocycles. The fourth-order valence-electron chi connectivity index (χ4n) is 2.17. The Morgan fingerprint density at radius 1 is 1.04 bits per heavy atom. The van der Waals surface area contributed by atoms with Crippen molar-refractivity contribution in [3.8, 4) is 5.75 Å². The predicted molar refractivity (Wildman–Crippen MR) is 94.2 cm³/mol. The molecule has 0 N–H and O–H groups in total. The summed E-state index contributed by atoms with van der Waals surface area (Å²) in [6.45, 7) is 0.102.